The number of benzene rings is 2. The molecule has 5 rings (SSSR count). The summed E-state index contributed by atoms with van der Waals surface area (Å²) < 4.78 is 13.7. The number of anilines is 3. The molecule has 0 amide bonds. The number of nitrogens with zero attached hydrogens (tertiary/aromatic N) is 4. The van der Waals surface area contributed by atoms with Crippen LogP contribution in [0.15, 0.2) is 60.1 Å². The molecule has 0 unspecified atom stereocenters. The molecule has 0 saturated carbocycles. The lowest BCUT2D eigenvalue weighted by molar-refractivity contribution is 0.221. The van der Waals surface area contributed by atoms with E-state index in [4.69, 9.17) is 23.2 Å². The van der Waals surface area contributed by atoms with Crippen LogP contribution >= 0.6 is 34.5 Å². The molecule has 8 nitrogen and oxygen atoms in total. The molecule has 12 heteroatoms. The predicted octanol–water partition coefficient (Wildman–Crippen LogP) is 6.48. The summed E-state index contributed by atoms with van der Waals surface area (Å²) in [5.74, 6) is -0.531. The van der Waals surface area contributed by atoms with Gasteiger partial charge in [0.25, 0.3) is 0 Å². The Labute approximate surface area is 226 Å². The minimum Gasteiger partial charge on any atom is -0.372 e. The Balaban J connectivity index is 1.58. The number of aromatic nitrogens is 2. The lowest BCUT2D eigenvalue weighted by Crippen LogP contribution is -2.41. The van der Waals surface area contributed by atoms with Gasteiger partial charge >= 0.3 is 0 Å². The molecule has 4 N–H and O–H groups in total. The molecule has 188 valence electrons. The number of hydrazine groups is 2. The fourth-order valence-electron chi connectivity index (χ4n) is 3.89. The highest BCUT2D eigenvalue weighted by Crippen LogP contribution is 2.37. The Bertz CT molecular complexity index is 1530. The molecule has 0 fully saturated rings. The van der Waals surface area contributed by atoms with Crippen LogP contribution in [0.5, 0.6) is 0 Å². The smallest absolute Gasteiger partial charge is 0.141 e. The zero-order chi connectivity index (χ0) is 26.1. The van der Waals surface area contributed by atoms with Crippen LogP contribution in [0.1, 0.15) is 30.3 Å². The number of nitrogens with one attached hydrogen (secondary N) is 4. The van der Waals surface area contributed by atoms with Gasteiger partial charge < -0.3 is 16.1 Å². The van der Waals surface area contributed by atoms with Gasteiger partial charge in [-0.25, -0.2) is 4.39 Å². The van der Waals surface area contributed by atoms with Gasteiger partial charge in [-0.2, -0.15) is 5.26 Å². The van der Waals surface area contributed by atoms with Gasteiger partial charge in [-0.05, 0) is 44.2 Å². The standard InChI is InChI=1S/C25H21Cl2FN8S/c1-13(2)36-11-21(34-35-36)25(22-10-30-12-37-22)33-16-5-17-23(32-15-3-4-20(28)18(26)6-15)14(8-29)9-31-24(17)19(27)7-16/h3-7,9-13,25,33-35H,1-2H3,(H,31,32)/t25-/m1/s1. The molecular weight excluding hydrogens is 534 g/mol. The van der Waals surface area contributed by atoms with Crippen LogP contribution in [0, 0.1) is 17.1 Å². The van der Waals surface area contributed by atoms with E-state index in [0.717, 1.165) is 10.6 Å². The van der Waals surface area contributed by atoms with Crippen LogP contribution in [0.2, 0.25) is 10.0 Å². The van der Waals surface area contributed by atoms with Crippen LogP contribution < -0.4 is 21.6 Å². The number of nitriles is 1. The fraction of sp³-hybridized carbons (Fsp3) is 0.160. The quantitative estimate of drug-likeness (QED) is 0.206. The summed E-state index contributed by atoms with van der Waals surface area (Å²) >= 11 is 14.2. The maximum Gasteiger partial charge on any atom is 0.141 e. The molecule has 2 aromatic carbocycles. The van der Waals surface area contributed by atoms with Gasteiger partial charge in [-0.3, -0.25) is 15.0 Å². The molecule has 0 saturated heterocycles. The van der Waals surface area contributed by atoms with E-state index in [2.05, 4.69) is 51.5 Å². The lowest BCUT2D eigenvalue weighted by Gasteiger charge is -2.21. The summed E-state index contributed by atoms with van der Waals surface area (Å²) in [6.45, 7) is 4.16. The summed E-state index contributed by atoms with van der Waals surface area (Å²) in [6.07, 6.45) is 5.27. The Kier molecular flexibility index (Phi) is 7.04. The van der Waals surface area contributed by atoms with Crippen LogP contribution in [0.25, 0.3) is 10.9 Å². The van der Waals surface area contributed by atoms with Crippen LogP contribution in [-0.2, 0) is 0 Å². The molecular formula is C25H21Cl2FN8S. The number of rotatable bonds is 7. The molecule has 3 heterocycles. The van der Waals surface area contributed by atoms with E-state index in [1.165, 1.54) is 29.7 Å². The van der Waals surface area contributed by atoms with Crippen LogP contribution in [-0.4, -0.2) is 21.0 Å². The van der Waals surface area contributed by atoms with Crippen molar-refractivity contribution in [3.63, 3.8) is 0 Å². The Morgan fingerprint density at radius 1 is 1.14 bits per heavy atom. The number of pyridine rings is 1. The number of thiazole rings is 1. The maximum absolute atomic E-state index is 13.7. The van der Waals surface area contributed by atoms with Gasteiger partial charge in [0.1, 0.15) is 17.9 Å². The first-order chi connectivity index (χ1) is 17.8. The third-order valence-corrected chi connectivity index (χ3v) is 7.17. The average molecular weight is 555 g/mol. The normalized spacial score (nSPS) is 13.9. The zero-order valence-corrected chi connectivity index (χ0v) is 22.0. The van der Waals surface area contributed by atoms with E-state index in [1.54, 1.807) is 17.6 Å². The number of halogens is 3. The molecule has 0 radical (unpaired) electrons. The molecule has 1 atom stereocenters. The fourth-order valence-corrected chi connectivity index (χ4v) is 5.02. The topological polar surface area (TPSA) is 101 Å². The molecule has 1 aliphatic rings. The third-order valence-electron chi connectivity index (χ3n) is 5.76. The molecule has 0 spiro atoms. The first-order valence-electron chi connectivity index (χ1n) is 11.2. The summed E-state index contributed by atoms with van der Waals surface area (Å²) in [4.78, 5) is 9.64. The second kappa shape index (κ2) is 10.4. The van der Waals surface area contributed by atoms with Gasteiger partial charge in [0.2, 0.25) is 0 Å². The van der Waals surface area contributed by atoms with Crippen molar-refractivity contribution in [3.8, 4) is 6.07 Å². The maximum atomic E-state index is 13.7. The molecule has 2 aromatic heterocycles. The molecule has 1 aliphatic heterocycles. The van der Waals surface area contributed by atoms with Crippen LogP contribution in [0.3, 0.4) is 0 Å². The molecule has 0 aliphatic carbocycles. The number of hydrogen-bond acceptors (Lipinski definition) is 9. The monoisotopic (exact) mass is 554 g/mol. The summed E-state index contributed by atoms with van der Waals surface area (Å²) in [6, 6.07) is 10.1. The van der Waals surface area contributed by atoms with Gasteiger partial charge in [-0.1, -0.05) is 23.2 Å². The summed E-state index contributed by atoms with van der Waals surface area (Å²) in [7, 11) is 0. The van der Waals surface area contributed by atoms with E-state index in [1.807, 2.05) is 23.5 Å². The van der Waals surface area contributed by atoms with Gasteiger partial charge in [0, 0.05) is 41.4 Å². The SMILES string of the molecule is CC(C)N1C=C([C@@H](Nc2cc(Cl)c3ncc(C#N)c(Nc4ccc(F)c(Cl)c4)c3c2)c2cncs2)NN1. The summed E-state index contributed by atoms with van der Waals surface area (Å²) in [5.41, 5.74) is 11.6. The molecule has 37 heavy (non-hydrogen) atoms. The van der Waals surface area contributed by atoms with E-state index in [0.29, 0.717) is 38.6 Å². The first kappa shape index (κ1) is 25.0. The molecule has 4 aromatic rings. The highest BCUT2D eigenvalue weighted by molar-refractivity contribution is 7.09. The average Bonchev–Trinajstić information content (AvgIpc) is 3.58. The minimum absolute atomic E-state index is 0.0314. The lowest BCUT2D eigenvalue weighted by atomic mass is 10.1. The van der Waals surface area contributed by atoms with Crippen molar-refractivity contribution in [2.24, 2.45) is 0 Å². The van der Waals surface area contributed by atoms with Crippen molar-refractivity contribution in [3.05, 3.63) is 86.4 Å². The largest absolute Gasteiger partial charge is 0.372 e. The van der Waals surface area contributed by atoms with Gasteiger partial charge in [-0.15, -0.1) is 16.9 Å². The van der Waals surface area contributed by atoms with Crippen molar-refractivity contribution >= 4 is 62.5 Å². The second-order valence-corrected chi connectivity index (χ2v) is 10.3. The van der Waals surface area contributed by atoms with Gasteiger partial charge in [0.05, 0.1) is 42.9 Å². The van der Waals surface area contributed by atoms with Crippen molar-refractivity contribution in [1.82, 2.24) is 25.9 Å². The predicted molar refractivity (Wildman–Crippen MR) is 146 cm³/mol. The van der Waals surface area contributed by atoms with E-state index in [-0.39, 0.29) is 17.1 Å². The Morgan fingerprint density at radius 3 is 2.62 bits per heavy atom. The Morgan fingerprint density at radius 2 is 1.95 bits per heavy atom. The van der Waals surface area contributed by atoms with E-state index < -0.39 is 5.82 Å². The Hall–Kier alpha value is -3.62. The van der Waals surface area contributed by atoms with Crippen molar-refractivity contribution in [1.29, 1.82) is 5.26 Å². The van der Waals surface area contributed by atoms with Gasteiger partial charge in [0.15, 0.2) is 0 Å². The number of fused-ring (bicyclic) bond motifs is 1. The zero-order valence-electron chi connectivity index (χ0n) is 19.7. The van der Waals surface area contributed by atoms with Crippen LogP contribution in [0.4, 0.5) is 21.5 Å². The number of hydrogen-bond donors (Lipinski definition) is 4. The van der Waals surface area contributed by atoms with Crippen molar-refractivity contribution < 1.29 is 4.39 Å². The van der Waals surface area contributed by atoms with Crippen molar-refractivity contribution in [2.75, 3.05) is 10.6 Å². The van der Waals surface area contributed by atoms with E-state index in [9.17, 15) is 9.65 Å². The summed E-state index contributed by atoms with van der Waals surface area (Å²) in [5, 5.41) is 19.5. The third kappa shape index (κ3) is 5.12. The first-order valence-corrected chi connectivity index (χ1v) is 12.9. The highest BCUT2D eigenvalue weighted by Gasteiger charge is 2.25. The van der Waals surface area contributed by atoms with E-state index >= 15 is 0 Å². The highest BCUT2D eigenvalue weighted by atomic mass is 35.5. The minimum atomic E-state index is -0.531. The van der Waals surface area contributed by atoms with Crippen molar-refractivity contribution in [2.45, 2.75) is 25.9 Å². The molecule has 0 bridgehead atoms. The second-order valence-electron chi connectivity index (χ2n) is 8.57.